The molecule has 1 aromatic rings. The van der Waals surface area contributed by atoms with Crippen LogP contribution in [0.4, 0.5) is 11.4 Å². The Kier molecular flexibility index (Phi) is 6.12. The number of para-hydroxylation sites is 1. The fraction of sp³-hybridized carbons (Fsp3) is 0.500. The lowest BCUT2D eigenvalue weighted by atomic mass is 10.2. The Hall–Kier alpha value is -1.26. The summed E-state index contributed by atoms with van der Waals surface area (Å²) in [5.74, 6) is -0.0642. The maximum absolute atomic E-state index is 11.9. The quantitative estimate of drug-likeness (QED) is 0.844. The summed E-state index contributed by atoms with van der Waals surface area (Å²) < 4.78 is 0. The fourth-order valence-corrected chi connectivity index (χ4v) is 2.02. The van der Waals surface area contributed by atoms with Crippen LogP contribution < -0.4 is 15.5 Å². The second-order valence-electron chi connectivity index (χ2n) is 4.77. The Labute approximate surface area is 120 Å². The van der Waals surface area contributed by atoms with E-state index in [1.165, 1.54) is 0 Å². The first kappa shape index (κ1) is 15.8. The summed E-state index contributed by atoms with van der Waals surface area (Å²) >= 11 is 6.15. The predicted octanol–water partition coefficient (Wildman–Crippen LogP) is 2.73. The van der Waals surface area contributed by atoms with E-state index >= 15 is 0 Å². The number of nitrogens with zero attached hydrogens (tertiary/aromatic N) is 1. The average molecular weight is 284 g/mol. The molecule has 1 amide bonds. The van der Waals surface area contributed by atoms with Crippen molar-refractivity contribution in [1.82, 2.24) is 5.32 Å². The number of anilines is 2. The third-order valence-corrected chi connectivity index (χ3v) is 3.24. The van der Waals surface area contributed by atoms with Crippen LogP contribution in [0.5, 0.6) is 0 Å². The van der Waals surface area contributed by atoms with Crippen molar-refractivity contribution in [1.29, 1.82) is 0 Å². The maximum atomic E-state index is 11.9. The van der Waals surface area contributed by atoms with Crippen LogP contribution in [-0.2, 0) is 4.79 Å². The molecule has 0 aliphatic carbocycles. The molecule has 0 aliphatic rings. The highest BCUT2D eigenvalue weighted by molar-refractivity contribution is 6.34. The zero-order valence-corrected chi connectivity index (χ0v) is 12.7. The van der Waals surface area contributed by atoms with Crippen molar-refractivity contribution >= 4 is 28.9 Å². The molecular formula is C14H22ClN3O. The van der Waals surface area contributed by atoms with Gasteiger partial charge in [0.05, 0.1) is 22.9 Å². The first-order valence-electron chi connectivity index (χ1n) is 6.44. The van der Waals surface area contributed by atoms with Gasteiger partial charge in [0.15, 0.2) is 0 Å². The molecular weight excluding hydrogens is 262 g/mol. The lowest BCUT2D eigenvalue weighted by molar-refractivity contribution is -0.115. The fourth-order valence-electron chi connectivity index (χ4n) is 1.68. The van der Waals surface area contributed by atoms with Gasteiger partial charge < -0.3 is 15.5 Å². The number of carbonyl (C=O) groups excluding carboxylic acids is 1. The van der Waals surface area contributed by atoms with Gasteiger partial charge >= 0.3 is 0 Å². The molecule has 0 fully saturated rings. The van der Waals surface area contributed by atoms with Crippen molar-refractivity contribution in [3.8, 4) is 0 Å². The number of halogens is 1. The highest BCUT2D eigenvalue weighted by Crippen LogP contribution is 2.32. The highest BCUT2D eigenvalue weighted by Gasteiger charge is 2.12. The van der Waals surface area contributed by atoms with E-state index in [1.54, 1.807) is 0 Å². The second kappa shape index (κ2) is 7.36. The molecule has 1 rings (SSSR count). The van der Waals surface area contributed by atoms with E-state index in [-0.39, 0.29) is 5.91 Å². The monoisotopic (exact) mass is 283 g/mol. The summed E-state index contributed by atoms with van der Waals surface area (Å²) in [6, 6.07) is 5.82. The van der Waals surface area contributed by atoms with Gasteiger partial charge in [-0.15, -0.1) is 0 Å². The third kappa shape index (κ3) is 4.73. The van der Waals surface area contributed by atoms with Gasteiger partial charge in [-0.1, -0.05) is 24.6 Å². The minimum Gasteiger partial charge on any atom is -0.375 e. The number of rotatable bonds is 6. The van der Waals surface area contributed by atoms with Crippen molar-refractivity contribution < 1.29 is 4.79 Å². The van der Waals surface area contributed by atoms with Crippen LogP contribution in [-0.4, -0.2) is 32.6 Å². The zero-order valence-electron chi connectivity index (χ0n) is 12.0. The van der Waals surface area contributed by atoms with Crippen LogP contribution in [0.2, 0.25) is 5.02 Å². The molecule has 0 saturated heterocycles. The van der Waals surface area contributed by atoms with E-state index in [2.05, 4.69) is 24.5 Å². The van der Waals surface area contributed by atoms with Crippen LogP contribution in [0.1, 0.15) is 20.3 Å². The first-order valence-corrected chi connectivity index (χ1v) is 6.82. The minimum absolute atomic E-state index is 0.0642. The van der Waals surface area contributed by atoms with Gasteiger partial charge in [-0.3, -0.25) is 4.79 Å². The molecule has 5 heteroatoms. The van der Waals surface area contributed by atoms with Gasteiger partial charge in [-0.25, -0.2) is 0 Å². The molecule has 0 bridgehead atoms. The molecule has 0 aliphatic heterocycles. The van der Waals surface area contributed by atoms with Gasteiger partial charge in [-0.2, -0.15) is 0 Å². The highest BCUT2D eigenvalue weighted by atomic mass is 35.5. The lowest BCUT2D eigenvalue weighted by Gasteiger charge is -2.19. The minimum atomic E-state index is -0.0642. The van der Waals surface area contributed by atoms with E-state index in [4.69, 9.17) is 11.6 Å². The van der Waals surface area contributed by atoms with Crippen molar-refractivity contribution in [2.24, 2.45) is 0 Å². The molecule has 1 aromatic carbocycles. The first-order chi connectivity index (χ1) is 8.95. The van der Waals surface area contributed by atoms with Gasteiger partial charge in [0.2, 0.25) is 5.91 Å². The Morgan fingerprint density at radius 2 is 2.11 bits per heavy atom. The van der Waals surface area contributed by atoms with Crippen LogP contribution >= 0.6 is 11.6 Å². The molecule has 19 heavy (non-hydrogen) atoms. The van der Waals surface area contributed by atoms with Crippen LogP contribution in [0, 0.1) is 0 Å². The SMILES string of the molecule is CCC(C)NCC(=O)Nc1cccc(Cl)c1N(C)C. The van der Waals surface area contributed by atoms with E-state index in [1.807, 2.05) is 37.2 Å². The van der Waals surface area contributed by atoms with Gasteiger partial charge in [0.25, 0.3) is 0 Å². The summed E-state index contributed by atoms with van der Waals surface area (Å²) in [6.45, 7) is 4.43. The largest absolute Gasteiger partial charge is 0.375 e. The standard InChI is InChI=1S/C14H22ClN3O/c1-5-10(2)16-9-13(19)17-12-8-6-7-11(15)14(12)18(3)4/h6-8,10,16H,5,9H2,1-4H3,(H,17,19). The van der Waals surface area contributed by atoms with E-state index in [0.717, 1.165) is 17.8 Å². The van der Waals surface area contributed by atoms with E-state index < -0.39 is 0 Å². The number of carbonyl (C=O) groups is 1. The number of hydrogen-bond acceptors (Lipinski definition) is 3. The van der Waals surface area contributed by atoms with Crippen LogP contribution in [0.25, 0.3) is 0 Å². The Bertz CT molecular complexity index is 435. The number of benzene rings is 1. The number of hydrogen-bond donors (Lipinski definition) is 2. The summed E-state index contributed by atoms with van der Waals surface area (Å²) in [6.07, 6.45) is 0.993. The summed E-state index contributed by atoms with van der Waals surface area (Å²) in [5, 5.41) is 6.66. The topological polar surface area (TPSA) is 44.4 Å². The number of amides is 1. The third-order valence-electron chi connectivity index (χ3n) is 2.93. The van der Waals surface area contributed by atoms with Crippen LogP contribution in [0.3, 0.4) is 0 Å². The predicted molar refractivity (Wildman–Crippen MR) is 82.2 cm³/mol. The molecule has 0 radical (unpaired) electrons. The normalized spacial score (nSPS) is 12.1. The average Bonchev–Trinajstić information content (AvgIpc) is 2.35. The molecule has 0 aromatic heterocycles. The summed E-state index contributed by atoms with van der Waals surface area (Å²) in [7, 11) is 3.79. The summed E-state index contributed by atoms with van der Waals surface area (Å²) in [5.41, 5.74) is 1.55. The molecule has 2 N–H and O–H groups in total. The second-order valence-corrected chi connectivity index (χ2v) is 5.18. The van der Waals surface area contributed by atoms with E-state index in [9.17, 15) is 4.79 Å². The van der Waals surface area contributed by atoms with Crippen molar-refractivity contribution in [2.45, 2.75) is 26.3 Å². The molecule has 4 nitrogen and oxygen atoms in total. The van der Waals surface area contributed by atoms with E-state index in [0.29, 0.717) is 17.6 Å². The molecule has 1 unspecified atom stereocenters. The Balaban J connectivity index is 2.72. The van der Waals surface area contributed by atoms with Gasteiger partial charge in [-0.05, 0) is 25.5 Å². The zero-order chi connectivity index (χ0) is 14.4. The van der Waals surface area contributed by atoms with Gasteiger partial charge in [0, 0.05) is 20.1 Å². The molecule has 1 atom stereocenters. The van der Waals surface area contributed by atoms with Crippen molar-refractivity contribution in [2.75, 3.05) is 30.9 Å². The number of nitrogens with one attached hydrogen (secondary N) is 2. The summed E-state index contributed by atoms with van der Waals surface area (Å²) in [4.78, 5) is 13.8. The molecule has 106 valence electrons. The maximum Gasteiger partial charge on any atom is 0.238 e. The van der Waals surface area contributed by atoms with Crippen LogP contribution in [0.15, 0.2) is 18.2 Å². The van der Waals surface area contributed by atoms with Crippen molar-refractivity contribution in [3.05, 3.63) is 23.2 Å². The molecule has 0 heterocycles. The lowest BCUT2D eigenvalue weighted by Crippen LogP contribution is -2.34. The smallest absolute Gasteiger partial charge is 0.238 e. The Morgan fingerprint density at radius 1 is 1.42 bits per heavy atom. The molecule has 0 saturated carbocycles. The van der Waals surface area contributed by atoms with Crippen molar-refractivity contribution in [3.63, 3.8) is 0 Å². The van der Waals surface area contributed by atoms with Gasteiger partial charge in [0.1, 0.15) is 0 Å². The molecule has 0 spiro atoms. The Morgan fingerprint density at radius 3 is 2.68 bits per heavy atom.